The first kappa shape index (κ1) is 24.7. The number of nitrogens with zero attached hydrogens (tertiary/aromatic N) is 1. The predicted octanol–water partition coefficient (Wildman–Crippen LogP) is 6.86. The summed E-state index contributed by atoms with van der Waals surface area (Å²) < 4.78 is 20.2. The Labute approximate surface area is 228 Å². The number of ether oxygens (including phenoxy) is 1. The van der Waals surface area contributed by atoms with Crippen LogP contribution < -0.4 is 4.74 Å². The Morgan fingerprint density at radius 3 is 2.28 bits per heavy atom. The number of carbonyl (C=O) groups excluding carboxylic acids is 2. The maximum atomic E-state index is 14.4. The van der Waals surface area contributed by atoms with Crippen molar-refractivity contribution in [2.24, 2.45) is 35.0 Å². The first-order valence-corrected chi connectivity index (χ1v) is 14.5. The van der Waals surface area contributed by atoms with Crippen LogP contribution in [0.1, 0.15) is 55.3 Å². The lowest BCUT2D eigenvalue weighted by molar-refractivity contribution is -0.759. The van der Waals surface area contributed by atoms with Gasteiger partial charge in [0.25, 0.3) is 5.09 Å². The maximum Gasteiger partial charge on any atom is 0.319 e. The summed E-state index contributed by atoms with van der Waals surface area (Å²) in [5.74, 6) is 2.02. The summed E-state index contributed by atoms with van der Waals surface area (Å²) in [5.41, 5.74) is 0.490. The van der Waals surface area contributed by atoms with Crippen LogP contribution in [0.2, 0.25) is 0 Å². The molecule has 0 spiro atoms. The van der Waals surface area contributed by atoms with Crippen molar-refractivity contribution in [3.8, 4) is 16.2 Å². The monoisotopic (exact) mass is 549 g/mol. The summed E-state index contributed by atoms with van der Waals surface area (Å²) in [6, 6.07) is 11.5. The van der Waals surface area contributed by atoms with Gasteiger partial charge in [0.05, 0.1) is 5.41 Å². The van der Waals surface area contributed by atoms with E-state index in [1.54, 1.807) is 24.3 Å². The molecule has 9 heteroatoms. The SMILES string of the molecule is O=C(c1c(-c2ccc(F)cc2)sc2cc(OC(=O)C3(CO[N+](=O)[O-])CC3)ccc12)C1C2CC3CC(C2)CC1C3. The smallest absolute Gasteiger partial charge is 0.319 e. The Hall–Kier alpha value is -3.33. The highest BCUT2D eigenvalue weighted by Gasteiger charge is 2.53. The number of halogens is 1. The van der Waals surface area contributed by atoms with Crippen molar-refractivity contribution in [1.29, 1.82) is 0 Å². The molecule has 5 aliphatic rings. The number of fused-ring (bicyclic) bond motifs is 1. The van der Waals surface area contributed by atoms with E-state index in [1.807, 2.05) is 6.07 Å². The highest BCUT2D eigenvalue weighted by molar-refractivity contribution is 7.22. The summed E-state index contributed by atoms with van der Waals surface area (Å²) in [7, 11) is 0. The summed E-state index contributed by atoms with van der Waals surface area (Å²) in [6.45, 7) is -0.321. The molecule has 0 saturated heterocycles. The van der Waals surface area contributed by atoms with Gasteiger partial charge in [0.15, 0.2) is 5.78 Å². The first-order chi connectivity index (χ1) is 18.8. The third-order valence-electron chi connectivity index (χ3n) is 9.49. The van der Waals surface area contributed by atoms with Gasteiger partial charge in [-0.05, 0) is 105 Å². The van der Waals surface area contributed by atoms with E-state index in [0.29, 0.717) is 36.0 Å². The van der Waals surface area contributed by atoms with E-state index < -0.39 is 16.5 Å². The molecule has 1 aromatic heterocycles. The second kappa shape index (κ2) is 9.11. The molecule has 5 fully saturated rings. The van der Waals surface area contributed by atoms with Gasteiger partial charge in [0.1, 0.15) is 18.2 Å². The van der Waals surface area contributed by atoms with E-state index in [1.165, 1.54) is 29.9 Å². The van der Waals surface area contributed by atoms with Crippen LogP contribution in [-0.4, -0.2) is 23.4 Å². The van der Waals surface area contributed by atoms with Crippen LogP contribution in [0.5, 0.6) is 5.75 Å². The van der Waals surface area contributed by atoms with E-state index in [-0.39, 0.29) is 24.1 Å². The van der Waals surface area contributed by atoms with Gasteiger partial charge in [-0.2, -0.15) is 0 Å². The number of carbonyl (C=O) groups is 2. The van der Waals surface area contributed by atoms with E-state index >= 15 is 0 Å². The summed E-state index contributed by atoms with van der Waals surface area (Å²) in [5, 5.41) is 10.5. The van der Waals surface area contributed by atoms with E-state index in [2.05, 4.69) is 4.84 Å². The highest BCUT2D eigenvalue weighted by Crippen LogP contribution is 2.58. The molecule has 0 aliphatic heterocycles. The van der Waals surface area contributed by atoms with Crippen LogP contribution in [0.25, 0.3) is 20.5 Å². The number of hydrogen-bond acceptors (Lipinski definition) is 7. The van der Waals surface area contributed by atoms with Crippen LogP contribution in [0.4, 0.5) is 4.39 Å². The molecule has 0 amide bonds. The molecule has 0 N–H and O–H groups in total. The van der Waals surface area contributed by atoms with Crippen molar-refractivity contribution in [1.82, 2.24) is 0 Å². The zero-order valence-corrected chi connectivity index (χ0v) is 22.1. The lowest BCUT2D eigenvalue weighted by Crippen LogP contribution is -2.48. The standard InChI is InChI=1S/C30H28FNO6S/c31-21-3-1-18(2-4-21)28-26(27(33)25-19-10-16-9-17(12-19)13-20(25)11-16)23-6-5-22(14-24(23)39-28)38-29(34)30(7-8-30)15-37-32(35)36/h1-6,14,16-17,19-20,25H,7-13,15H2. The fraction of sp³-hybridized carbons (Fsp3) is 0.467. The average molecular weight is 550 g/mol. The molecule has 0 radical (unpaired) electrons. The number of esters is 1. The molecule has 8 rings (SSSR count). The fourth-order valence-corrected chi connectivity index (χ4v) is 8.90. The Balaban J connectivity index is 1.24. The van der Waals surface area contributed by atoms with Crippen LogP contribution >= 0.6 is 11.3 Å². The predicted molar refractivity (Wildman–Crippen MR) is 142 cm³/mol. The second-order valence-electron chi connectivity index (χ2n) is 12.0. The lowest BCUT2D eigenvalue weighted by Gasteiger charge is -2.53. The molecule has 0 unspecified atom stereocenters. The van der Waals surface area contributed by atoms with Gasteiger partial charge in [-0.3, -0.25) is 9.59 Å². The number of ketones is 1. The molecule has 4 bridgehead atoms. The van der Waals surface area contributed by atoms with Crippen LogP contribution in [0.3, 0.4) is 0 Å². The van der Waals surface area contributed by atoms with Crippen molar-refractivity contribution in [2.75, 3.05) is 6.61 Å². The number of Topliss-reactive ketones (excluding diaryl/α,β-unsaturated/α-hetero) is 1. The normalized spacial score (nSPS) is 27.9. The van der Waals surface area contributed by atoms with E-state index in [4.69, 9.17) is 4.74 Å². The fourth-order valence-electron chi connectivity index (χ4n) is 7.66. The molecule has 0 atom stereocenters. The molecule has 5 saturated carbocycles. The van der Waals surface area contributed by atoms with Gasteiger partial charge in [-0.1, -0.05) is 12.1 Å². The van der Waals surface area contributed by atoms with Crippen molar-refractivity contribution < 1.29 is 28.6 Å². The Morgan fingerprint density at radius 2 is 1.67 bits per heavy atom. The van der Waals surface area contributed by atoms with Gasteiger partial charge < -0.3 is 9.57 Å². The Bertz CT molecular complexity index is 1470. The van der Waals surface area contributed by atoms with Crippen molar-refractivity contribution in [3.05, 3.63) is 64.0 Å². The van der Waals surface area contributed by atoms with Gasteiger partial charge in [0, 0.05) is 26.4 Å². The van der Waals surface area contributed by atoms with E-state index in [9.17, 15) is 24.1 Å². The van der Waals surface area contributed by atoms with Crippen LogP contribution in [0, 0.1) is 50.9 Å². The molecule has 39 heavy (non-hydrogen) atoms. The second-order valence-corrected chi connectivity index (χ2v) is 13.0. The van der Waals surface area contributed by atoms with Crippen molar-refractivity contribution in [2.45, 2.75) is 44.9 Å². The van der Waals surface area contributed by atoms with Crippen molar-refractivity contribution in [3.63, 3.8) is 0 Å². The first-order valence-electron chi connectivity index (χ1n) is 13.7. The summed E-state index contributed by atoms with van der Waals surface area (Å²) in [4.78, 5) is 43.1. The zero-order chi connectivity index (χ0) is 26.9. The van der Waals surface area contributed by atoms with Gasteiger partial charge >= 0.3 is 5.97 Å². The van der Waals surface area contributed by atoms with Gasteiger partial charge in [-0.15, -0.1) is 21.5 Å². The molecule has 5 aliphatic carbocycles. The number of benzene rings is 2. The topological polar surface area (TPSA) is 95.7 Å². The minimum absolute atomic E-state index is 0.0172. The van der Waals surface area contributed by atoms with Crippen LogP contribution in [-0.2, 0) is 9.63 Å². The summed E-state index contributed by atoms with van der Waals surface area (Å²) in [6.07, 6.45) is 6.81. The molecule has 7 nitrogen and oxygen atoms in total. The molecule has 202 valence electrons. The van der Waals surface area contributed by atoms with Crippen molar-refractivity contribution >= 4 is 33.2 Å². The summed E-state index contributed by atoms with van der Waals surface area (Å²) >= 11 is 1.44. The third-order valence-corrected chi connectivity index (χ3v) is 10.7. The average Bonchev–Trinajstić information content (AvgIpc) is 3.61. The van der Waals surface area contributed by atoms with Crippen LogP contribution in [0.15, 0.2) is 42.5 Å². The molecule has 2 aromatic carbocycles. The quantitative estimate of drug-likeness (QED) is 0.100. The van der Waals surface area contributed by atoms with Gasteiger partial charge in [-0.25, -0.2) is 4.39 Å². The molecular formula is C30H28FNO6S. The molecular weight excluding hydrogens is 521 g/mol. The van der Waals surface area contributed by atoms with Gasteiger partial charge in [0.2, 0.25) is 0 Å². The minimum Gasteiger partial charge on any atom is -0.426 e. The Kier molecular flexibility index (Phi) is 5.77. The number of hydrogen-bond donors (Lipinski definition) is 0. The lowest BCUT2D eigenvalue weighted by atomic mass is 9.51. The maximum absolute atomic E-state index is 14.4. The van der Waals surface area contributed by atoms with E-state index in [0.717, 1.165) is 58.0 Å². The highest BCUT2D eigenvalue weighted by atomic mass is 32.1. The zero-order valence-electron chi connectivity index (χ0n) is 21.3. The number of rotatable bonds is 8. The minimum atomic E-state index is -0.989. The number of thiophene rings is 1. The molecule has 3 aromatic rings. The third kappa shape index (κ3) is 4.31. The largest absolute Gasteiger partial charge is 0.426 e. The molecule has 1 heterocycles. The Morgan fingerprint density at radius 1 is 1.00 bits per heavy atom.